The Bertz CT molecular complexity index is 747. The second kappa shape index (κ2) is 7.81. The second-order valence-electron chi connectivity index (χ2n) is 5.87. The van der Waals surface area contributed by atoms with Gasteiger partial charge in [0.15, 0.2) is 0 Å². The highest BCUT2D eigenvalue weighted by atomic mass is 16.5. The molecule has 0 aliphatic carbocycles. The lowest BCUT2D eigenvalue weighted by Crippen LogP contribution is -2.12. The van der Waals surface area contributed by atoms with Crippen molar-refractivity contribution >= 4 is 17.6 Å². The summed E-state index contributed by atoms with van der Waals surface area (Å²) in [6.45, 7) is 7.89. The van der Waals surface area contributed by atoms with E-state index in [9.17, 15) is 9.59 Å². The van der Waals surface area contributed by atoms with E-state index in [2.05, 4.69) is 10.3 Å². The molecule has 1 amide bonds. The van der Waals surface area contributed by atoms with Crippen LogP contribution in [-0.2, 0) is 16.0 Å². The minimum absolute atomic E-state index is 0.0433. The normalized spacial score (nSPS) is 10.5. The minimum atomic E-state index is -0.353. The molecule has 5 nitrogen and oxygen atoms in total. The van der Waals surface area contributed by atoms with Gasteiger partial charge < -0.3 is 15.0 Å². The molecule has 0 atom stereocenters. The largest absolute Gasteiger partial charge is 0.461 e. The standard InChI is InChI=1S/C19H24N2O3/c1-5-24-19(23)18-13(3)16(14(4)20-18)9-10-17(22)21-15-8-6-7-12(2)11-15/h6-8,11,20H,5,9-10H2,1-4H3,(H,21,22). The van der Waals surface area contributed by atoms with E-state index in [-0.39, 0.29) is 11.9 Å². The number of H-pyrrole nitrogens is 1. The molecule has 2 rings (SSSR count). The Labute approximate surface area is 142 Å². The monoisotopic (exact) mass is 328 g/mol. The lowest BCUT2D eigenvalue weighted by molar-refractivity contribution is -0.116. The Morgan fingerprint density at radius 2 is 1.96 bits per heavy atom. The molecule has 0 aliphatic heterocycles. The van der Waals surface area contributed by atoms with Gasteiger partial charge in [0.1, 0.15) is 5.69 Å². The minimum Gasteiger partial charge on any atom is -0.461 e. The van der Waals surface area contributed by atoms with E-state index >= 15 is 0 Å². The highest BCUT2D eigenvalue weighted by molar-refractivity contribution is 5.91. The van der Waals surface area contributed by atoms with Gasteiger partial charge in [0.05, 0.1) is 6.61 Å². The van der Waals surface area contributed by atoms with Gasteiger partial charge in [-0.25, -0.2) is 4.79 Å². The Hall–Kier alpha value is -2.56. The Balaban J connectivity index is 2.01. The number of hydrogen-bond acceptors (Lipinski definition) is 3. The first-order valence-electron chi connectivity index (χ1n) is 8.14. The molecule has 128 valence electrons. The second-order valence-corrected chi connectivity index (χ2v) is 5.87. The van der Waals surface area contributed by atoms with Gasteiger partial charge in [0.25, 0.3) is 0 Å². The highest BCUT2D eigenvalue weighted by Gasteiger charge is 2.18. The van der Waals surface area contributed by atoms with Crippen LogP contribution in [0.2, 0.25) is 0 Å². The third-order valence-corrected chi connectivity index (χ3v) is 3.98. The fraction of sp³-hybridized carbons (Fsp3) is 0.368. The van der Waals surface area contributed by atoms with Crippen LogP contribution in [0.15, 0.2) is 24.3 Å². The number of hydrogen-bond donors (Lipinski definition) is 2. The van der Waals surface area contributed by atoms with Crippen LogP contribution in [-0.4, -0.2) is 23.5 Å². The summed E-state index contributed by atoms with van der Waals surface area (Å²) in [7, 11) is 0. The first-order valence-corrected chi connectivity index (χ1v) is 8.14. The Kier molecular flexibility index (Phi) is 5.79. The van der Waals surface area contributed by atoms with Gasteiger partial charge in [0.2, 0.25) is 5.91 Å². The molecule has 0 saturated carbocycles. The van der Waals surface area contributed by atoms with Crippen LogP contribution in [0, 0.1) is 20.8 Å². The molecule has 1 aromatic heterocycles. The number of benzene rings is 1. The molecule has 5 heteroatoms. The highest BCUT2D eigenvalue weighted by Crippen LogP contribution is 2.20. The zero-order valence-corrected chi connectivity index (χ0v) is 14.7. The van der Waals surface area contributed by atoms with Crippen molar-refractivity contribution in [3.05, 3.63) is 52.3 Å². The first-order chi connectivity index (χ1) is 11.4. The number of aryl methyl sites for hydroxylation is 2. The van der Waals surface area contributed by atoms with Crippen LogP contribution in [0.1, 0.15) is 46.2 Å². The van der Waals surface area contributed by atoms with Gasteiger partial charge in [-0.3, -0.25) is 4.79 Å². The molecule has 0 radical (unpaired) electrons. The van der Waals surface area contributed by atoms with Crippen molar-refractivity contribution in [1.29, 1.82) is 0 Å². The van der Waals surface area contributed by atoms with Crippen LogP contribution < -0.4 is 5.32 Å². The molecule has 0 unspecified atom stereocenters. The molecular weight excluding hydrogens is 304 g/mol. The molecular formula is C19H24N2O3. The number of carbonyl (C=O) groups excluding carboxylic acids is 2. The van der Waals surface area contributed by atoms with E-state index in [1.165, 1.54) is 0 Å². The number of esters is 1. The van der Waals surface area contributed by atoms with Crippen molar-refractivity contribution in [2.45, 2.75) is 40.5 Å². The average Bonchev–Trinajstić information content (AvgIpc) is 2.80. The lowest BCUT2D eigenvalue weighted by atomic mass is 10.0. The van der Waals surface area contributed by atoms with Crippen LogP contribution in [0.4, 0.5) is 5.69 Å². The van der Waals surface area contributed by atoms with Crippen molar-refractivity contribution in [3.8, 4) is 0 Å². The van der Waals surface area contributed by atoms with Crippen molar-refractivity contribution < 1.29 is 14.3 Å². The summed E-state index contributed by atoms with van der Waals surface area (Å²) in [5, 5.41) is 2.90. The summed E-state index contributed by atoms with van der Waals surface area (Å²) in [5.74, 6) is -0.396. The Morgan fingerprint density at radius 3 is 2.62 bits per heavy atom. The quantitative estimate of drug-likeness (QED) is 0.795. The topological polar surface area (TPSA) is 71.2 Å². The Morgan fingerprint density at radius 1 is 1.21 bits per heavy atom. The van der Waals surface area contributed by atoms with Gasteiger partial charge in [-0.1, -0.05) is 12.1 Å². The molecule has 0 fully saturated rings. The maximum Gasteiger partial charge on any atom is 0.355 e. The van der Waals surface area contributed by atoms with Crippen molar-refractivity contribution in [3.63, 3.8) is 0 Å². The third-order valence-electron chi connectivity index (χ3n) is 3.98. The zero-order valence-electron chi connectivity index (χ0n) is 14.7. The van der Waals surface area contributed by atoms with Crippen LogP contribution >= 0.6 is 0 Å². The van der Waals surface area contributed by atoms with Gasteiger partial charge in [-0.05, 0) is 62.9 Å². The van der Waals surface area contributed by atoms with Crippen LogP contribution in [0.25, 0.3) is 0 Å². The van der Waals surface area contributed by atoms with Crippen molar-refractivity contribution in [2.24, 2.45) is 0 Å². The third kappa shape index (κ3) is 4.25. The number of ether oxygens (including phenoxy) is 1. The number of nitrogens with one attached hydrogen (secondary N) is 2. The van der Waals surface area contributed by atoms with E-state index in [4.69, 9.17) is 4.74 Å². The van der Waals surface area contributed by atoms with Crippen molar-refractivity contribution in [2.75, 3.05) is 11.9 Å². The first kappa shape index (κ1) is 17.8. The summed E-state index contributed by atoms with van der Waals surface area (Å²) in [6.07, 6.45) is 0.932. The van der Waals surface area contributed by atoms with Crippen LogP contribution in [0.5, 0.6) is 0 Å². The fourth-order valence-corrected chi connectivity index (χ4v) is 2.76. The number of anilines is 1. The van der Waals surface area contributed by atoms with Gasteiger partial charge in [-0.15, -0.1) is 0 Å². The van der Waals surface area contributed by atoms with E-state index in [1.54, 1.807) is 6.92 Å². The molecule has 1 heterocycles. The molecule has 0 bridgehead atoms. The van der Waals surface area contributed by atoms with Crippen molar-refractivity contribution in [1.82, 2.24) is 4.98 Å². The number of amides is 1. The molecule has 0 aliphatic rings. The summed E-state index contributed by atoms with van der Waals surface area (Å²) in [6, 6.07) is 7.70. The zero-order chi connectivity index (χ0) is 17.7. The molecule has 0 spiro atoms. The predicted molar refractivity (Wildman–Crippen MR) is 94.4 cm³/mol. The molecule has 2 N–H and O–H groups in total. The number of aromatic nitrogens is 1. The van der Waals surface area contributed by atoms with E-state index < -0.39 is 0 Å². The average molecular weight is 328 g/mol. The molecule has 0 saturated heterocycles. The molecule has 1 aromatic carbocycles. The summed E-state index contributed by atoms with van der Waals surface area (Å²) >= 11 is 0. The maximum atomic E-state index is 12.1. The van der Waals surface area contributed by atoms with E-state index in [1.807, 2.05) is 45.0 Å². The molecule has 24 heavy (non-hydrogen) atoms. The van der Waals surface area contributed by atoms with E-state index in [0.29, 0.717) is 25.1 Å². The lowest BCUT2D eigenvalue weighted by Gasteiger charge is -2.07. The summed E-state index contributed by atoms with van der Waals surface area (Å²) in [4.78, 5) is 27.1. The predicted octanol–water partition coefficient (Wildman–Crippen LogP) is 3.69. The number of aromatic amines is 1. The number of carbonyl (C=O) groups is 2. The SMILES string of the molecule is CCOC(=O)c1[nH]c(C)c(CCC(=O)Nc2cccc(C)c2)c1C. The van der Waals surface area contributed by atoms with Gasteiger partial charge in [-0.2, -0.15) is 0 Å². The smallest absolute Gasteiger partial charge is 0.355 e. The molecule has 2 aromatic rings. The maximum absolute atomic E-state index is 12.1. The van der Waals surface area contributed by atoms with Gasteiger partial charge in [0, 0.05) is 17.8 Å². The van der Waals surface area contributed by atoms with Crippen LogP contribution in [0.3, 0.4) is 0 Å². The van der Waals surface area contributed by atoms with Gasteiger partial charge >= 0.3 is 5.97 Å². The van der Waals surface area contributed by atoms with E-state index in [0.717, 1.165) is 28.1 Å². The fourth-order valence-electron chi connectivity index (χ4n) is 2.76. The summed E-state index contributed by atoms with van der Waals surface area (Å²) < 4.78 is 5.04. The summed E-state index contributed by atoms with van der Waals surface area (Å²) in [5.41, 5.74) is 5.13. The number of rotatable bonds is 6.